The van der Waals surface area contributed by atoms with Crippen molar-refractivity contribution in [2.45, 2.75) is 32.2 Å². The third kappa shape index (κ3) is 2.85. The minimum Gasteiger partial charge on any atom is -0.324 e. The number of hydrogen-bond donors (Lipinski definition) is 1. The first-order valence-electron chi connectivity index (χ1n) is 7.77. The Morgan fingerprint density at radius 1 is 1.16 bits per heavy atom. The molecule has 2 N–H and O–H groups in total. The van der Waals surface area contributed by atoms with Crippen LogP contribution < -0.4 is 5.73 Å². The van der Waals surface area contributed by atoms with Gasteiger partial charge in [0.25, 0.3) is 0 Å². The Morgan fingerprint density at radius 3 is 2.42 bits per heavy atom. The summed E-state index contributed by atoms with van der Waals surface area (Å²) in [5, 5.41) is 0. The second-order valence-electron chi connectivity index (χ2n) is 6.58. The van der Waals surface area contributed by atoms with E-state index in [9.17, 15) is 0 Å². The van der Waals surface area contributed by atoms with Gasteiger partial charge in [0.05, 0.1) is 0 Å². The topological polar surface area (TPSA) is 29.3 Å². The lowest BCUT2D eigenvalue weighted by molar-refractivity contribution is 0.249. The second kappa shape index (κ2) is 5.64. The van der Waals surface area contributed by atoms with Crippen LogP contribution in [0.25, 0.3) is 0 Å². The Kier molecular flexibility index (Phi) is 3.90. The van der Waals surface area contributed by atoms with Crippen LogP contribution in [0.5, 0.6) is 0 Å². The van der Waals surface area contributed by atoms with Crippen molar-refractivity contribution in [1.29, 1.82) is 0 Å². The molecule has 1 aliphatic heterocycles. The Labute approximate surface area is 117 Å². The summed E-state index contributed by atoms with van der Waals surface area (Å²) in [4.78, 5) is 2.65. The standard InChI is InChI=1S/C17H26N2/c1-13(17(18)14-6-3-2-4-7-14)10-19-11-15-8-5-9-16(15)12-19/h2-4,6-7,13,15-17H,5,8-12,18H2,1H3. The smallest absolute Gasteiger partial charge is 0.0333 e. The molecular formula is C17H26N2. The summed E-state index contributed by atoms with van der Waals surface area (Å²) in [6.07, 6.45) is 4.38. The average molecular weight is 258 g/mol. The van der Waals surface area contributed by atoms with Gasteiger partial charge in [-0.15, -0.1) is 0 Å². The molecule has 19 heavy (non-hydrogen) atoms. The molecule has 0 amide bonds. The first-order chi connectivity index (χ1) is 9.24. The summed E-state index contributed by atoms with van der Waals surface area (Å²) in [5.74, 6) is 2.50. The van der Waals surface area contributed by atoms with Crippen LogP contribution in [0.4, 0.5) is 0 Å². The van der Waals surface area contributed by atoms with Gasteiger partial charge in [0, 0.05) is 25.7 Å². The van der Waals surface area contributed by atoms with Crippen molar-refractivity contribution in [1.82, 2.24) is 4.90 Å². The molecule has 0 radical (unpaired) electrons. The molecule has 1 saturated heterocycles. The highest BCUT2D eigenvalue weighted by Crippen LogP contribution is 2.38. The minimum atomic E-state index is 0.168. The van der Waals surface area contributed by atoms with Gasteiger partial charge < -0.3 is 10.6 Å². The Morgan fingerprint density at radius 2 is 1.79 bits per heavy atom. The summed E-state index contributed by atoms with van der Waals surface area (Å²) in [6.45, 7) is 6.09. The van der Waals surface area contributed by atoms with Crippen molar-refractivity contribution in [2.24, 2.45) is 23.5 Å². The highest BCUT2D eigenvalue weighted by Gasteiger charge is 2.36. The number of nitrogens with two attached hydrogens (primary N) is 1. The fourth-order valence-corrected chi connectivity index (χ4v) is 4.01. The molecule has 1 aromatic carbocycles. The van der Waals surface area contributed by atoms with Crippen molar-refractivity contribution in [2.75, 3.05) is 19.6 Å². The second-order valence-corrected chi connectivity index (χ2v) is 6.58. The van der Waals surface area contributed by atoms with Crippen LogP contribution in [0, 0.1) is 17.8 Å². The zero-order chi connectivity index (χ0) is 13.2. The van der Waals surface area contributed by atoms with Gasteiger partial charge in [-0.1, -0.05) is 43.7 Å². The zero-order valence-electron chi connectivity index (χ0n) is 12.0. The Balaban J connectivity index is 1.55. The molecule has 4 atom stereocenters. The molecule has 2 nitrogen and oxygen atoms in total. The fraction of sp³-hybridized carbons (Fsp3) is 0.647. The van der Waals surface area contributed by atoms with Crippen molar-refractivity contribution < 1.29 is 0 Å². The molecule has 0 aromatic heterocycles. The van der Waals surface area contributed by atoms with Crippen molar-refractivity contribution in [3.8, 4) is 0 Å². The lowest BCUT2D eigenvalue weighted by Crippen LogP contribution is -2.32. The van der Waals surface area contributed by atoms with Crippen LogP contribution in [-0.2, 0) is 0 Å². The predicted octanol–water partition coefficient (Wildman–Crippen LogP) is 3.05. The molecule has 4 unspecified atom stereocenters. The number of likely N-dealkylation sites (tertiary alicyclic amines) is 1. The van der Waals surface area contributed by atoms with Crippen LogP contribution >= 0.6 is 0 Å². The molecule has 2 heteroatoms. The summed E-state index contributed by atoms with van der Waals surface area (Å²) < 4.78 is 0. The van der Waals surface area contributed by atoms with Gasteiger partial charge in [0.1, 0.15) is 0 Å². The summed E-state index contributed by atoms with van der Waals surface area (Å²) in [6, 6.07) is 10.7. The van der Waals surface area contributed by atoms with E-state index < -0.39 is 0 Å². The van der Waals surface area contributed by atoms with Gasteiger partial charge in [-0.2, -0.15) is 0 Å². The van der Waals surface area contributed by atoms with Gasteiger partial charge in [-0.3, -0.25) is 0 Å². The van der Waals surface area contributed by atoms with E-state index in [-0.39, 0.29) is 6.04 Å². The molecule has 1 heterocycles. The van der Waals surface area contributed by atoms with Gasteiger partial charge >= 0.3 is 0 Å². The van der Waals surface area contributed by atoms with E-state index in [0.717, 1.165) is 18.4 Å². The van der Waals surface area contributed by atoms with Crippen LogP contribution in [0.15, 0.2) is 30.3 Å². The van der Waals surface area contributed by atoms with E-state index >= 15 is 0 Å². The van der Waals surface area contributed by atoms with E-state index in [1.54, 1.807) is 0 Å². The molecule has 2 aliphatic rings. The van der Waals surface area contributed by atoms with Crippen LogP contribution in [0.2, 0.25) is 0 Å². The lowest BCUT2D eigenvalue weighted by atomic mass is 9.95. The van der Waals surface area contributed by atoms with Crippen LogP contribution in [-0.4, -0.2) is 24.5 Å². The molecule has 0 spiro atoms. The largest absolute Gasteiger partial charge is 0.324 e. The summed E-state index contributed by atoms with van der Waals surface area (Å²) in [5.41, 5.74) is 7.68. The maximum atomic E-state index is 6.41. The van der Waals surface area contributed by atoms with Crippen LogP contribution in [0.1, 0.15) is 37.8 Å². The van der Waals surface area contributed by atoms with Gasteiger partial charge in [0.15, 0.2) is 0 Å². The lowest BCUT2D eigenvalue weighted by Gasteiger charge is -2.26. The van der Waals surface area contributed by atoms with E-state index in [1.165, 1.54) is 37.9 Å². The highest BCUT2D eigenvalue weighted by molar-refractivity contribution is 5.19. The van der Waals surface area contributed by atoms with E-state index in [0.29, 0.717) is 5.92 Å². The summed E-state index contributed by atoms with van der Waals surface area (Å²) >= 11 is 0. The van der Waals surface area contributed by atoms with Crippen molar-refractivity contribution >= 4 is 0 Å². The summed E-state index contributed by atoms with van der Waals surface area (Å²) in [7, 11) is 0. The van der Waals surface area contributed by atoms with Gasteiger partial charge in [-0.25, -0.2) is 0 Å². The average Bonchev–Trinajstić information content (AvgIpc) is 2.99. The number of rotatable bonds is 4. The minimum absolute atomic E-state index is 0.168. The zero-order valence-corrected chi connectivity index (χ0v) is 12.0. The van der Waals surface area contributed by atoms with E-state index in [1.807, 2.05) is 0 Å². The number of benzene rings is 1. The molecule has 104 valence electrons. The molecule has 1 aromatic rings. The molecule has 3 rings (SSSR count). The maximum absolute atomic E-state index is 6.41. The quantitative estimate of drug-likeness (QED) is 0.899. The SMILES string of the molecule is CC(CN1CC2CCCC2C1)C(N)c1ccccc1. The van der Waals surface area contributed by atoms with E-state index in [2.05, 4.69) is 42.2 Å². The Bertz CT molecular complexity index is 391. The molecule has 1 aliphatic carbocycles. The maximum Gasteiger partial charge on any atom is 0.0333 e. The number of nitrogens with zero attached hydrogens (tertiary/aromatic N) is 1. The van der Waals surface area contributed by atoms with Crippen LogP contribution in [0.3, 0.4) is 0 Å². The molecule has 0 bridgehead atoms. The predicted molar refractivity (Wildman–Crippen MR) is 79.8 cm³/mol. The van der Waals surface area contributed by atoms with Gasteiger partial charge in [-0.05, 0) is 36.2 Å². The molecule has 2 fully saturated rings. The molecule has 1 saturated carbocycles. The van der Waals surface area contributed by atoms with E-state index in [4.69, 9.17) is 5.73 Å². The first-order valence-corrected chi connectivity index (χ1v) is 7.77. The number of fused-ring (bicyclic) bond motifs is 1. The fourth-order valence-electron chi connectivity index (χ4n) is 4.01. The van der Waals surface area contributed by atoms with Gasteiger partial charge in [0.2, 0.25) is 0 Å². The highest BCUT2D eigenvalue weighted by atomic mass is 15.2. The number of hydrogen-bond acceptors (Lipinski definition) is 2. The third-order valence-corrected chi connectivity index (χ3v) is 5.15. The molecular weight excluding hydrogens is 232 g/mol. The van der Waals surface area contributed by atoms with Crippen molar-refractivity contribution in [3.05, 3.63) is 35.9 Å². The first kappa shape index (κ1) is 13.1. The normalized spacial score (nSPS) is 30.2. The monoisotopic (exact) mass is 258 g/mol. The third-order valence-electron chi connectivity index (χ3n) is 5.15. The Hall–Kier alpha value is -0.860. The van der Waals surface area contributed by atoms with Crippen molar-refractivity contribution in [3.63, 3.8) is 0 Å².